The van der Waals surface area contributed by atoms with Gasteiger partial charge in [-0.05, 0) is 30.6 Å². The Bertz CT molecular complexity index is 608. The first-order valence-corrected chi connectivity index (χ1v) is 8.38. The Morgan fingerprint density at radius 1 is 1.60 bits per heavy atom. The van der Waals surface area contributed by atoms with Gasteiger partial charge in [-0.1, -0.05) is 0 Å². The molecule has 108 valence electrons. The first-order chi connectivity index (χ1) is 9.40. The highest BCUT2D eigenvalue weighted by Gasteiger charge is 2.25. The summed E-state index contributed by atoms with van der Waals surface area (Å²) in [6.45, 7) is 0. The number of carbonyl (C=O) groups is 1. The Labute approximate surface area is 121 Å². The van der Waals surface area contributed by atoms with Crippen LogP contribution >= 0.6 is 11.8 Å². The van der Waals surface area contributed by atoms with Crippen molar-refractivity contribution < 1.29 is 18.3 Å². The quantitative estimate of drug-likeness (QED) is 0.749. The van der Waals surface area contributed by atoms with Crippen LogP contribution in [0, 0.1) is 11.3 Å². The Kier molecular flexibility index (Phi) is 5.94. The number of rotatable bonds is 7. The third-order valence-electron chi connectivity index (χ3n) is 2.37. The van der Waals surface area contributed by atoms with E-state index < -0.39 is 22.0 Å². The van der Waals surface area contributed by atoms with Gasteiger partial charge in [-0.3, -0.25) is 4.79 Å². The molecule has 0 aromatic carbocycles. The number of hydrogen-bond donors (Lipinski definition) is 2. The fourth-order valence-corrected chi connectivity index (χ4v) is 2.97. The van der Waals surface area contributed by atoms with E-state index in [9.17, 15) is 13.2 Å². The van der Waals surface area contributed by atoms with Crippen molar-refractivity contribution in [2.75, 3.05) is 12.0 Å². The van der Waals surface area contributed by atoms with Crippen LogP contribution in [-0.2, 0) is 14.8 Å². The number of nitriles is 1. The van der Waals surface area contributed by atoms with Crippen LogP contribution in [0.5, 0.6) is 0 Å². The molecular formula is C11H13N3O4S2. The average Bonchev–Trinajstić information content (AvgIpc) is 2.43. The molecule has 0 amide bonds. The van der Waals surface area contributed by atoms with E-state index in [0.29, 0.717) is 5.75 Å². The van der Waals surface area contributed by atoms with E-state index in [1.807, 2.05) is 0 Å². The summed E-state index contributed by atoms with van der Waals surface area (Å²) in [4.78, 5) is 14.5. The summed E-state index contributed by atoms with van der Waals surface area (Å²) in [5.74, 6) is -0.713. The highest BCUT2D eigenvalue weighted by molar-refractivity contribution is 7.98. The van der Waals surface area contributed by atoms with E-state index in [0.717, 1.165) is 6.20 Å². The molecule has 0 aliphatic carbocycles. The molecule has 0 aliphatic heterocycles. The monoisotopic (exact) mass is 315 g/mol. The average molecular weight is 315 g/mol. The lowest BCUT2D eigenvalue weighted by molar-refractivity contribution is -0.139. The number of carboxylic acids is 1. The second-order valence-electron chi connectivity index (χ2n) is 3.78. The minimum absolute atomic E-state index is 0.0844. The molecule has 0 aliphatic rings. The zero-order valence-electron chi connectivity index (χ0n) is 10.6. The highest BCUT2D eigenvalue weighted by Crippen LogP contribution is 2.10. The number of nitrogens with one attached hydrogen (secondary N) is 1. The maximum Gasteiger partial charge on any atom is 0.321 e. The van der Waals surface area contributed by atoms with Crippen molar-refractivity contribution in [1.29, 1.82) is 5.26 Å². The van der Waals surface area contributed by atoms with Gasteiger partial charge in [-0.2, -0.15) is 21.7 Å². The summed E-state index contributed by atoms with van der Waals surface area (Å²) in [7, 11) is -3.97. The topological polar surface area (TPSA) is 120 Å². The van der Waals surface area contributed by atoms with Gasteiger partial charge in [0.05, 0.1) is 0 Å². The summed E-state index contributed by atoms with van der Waals surface area (Å²) in [6, 6.07) is 3.04. The van der Waals surface area contributed by atoms with Crippen molar-refractivity contribution >= 4 is 27.8 Å². The van der Waals surface area contributed by atoms with Gasteiger partial charge in [0, 0.05) is 6.20 Å². The van der Waals surface area contributed by atoms with E-state index in [-0.39, 0.29) is 17.0 Å². The molecule has 9 heteroatoms. The van der Waals surface area contributed by atoms with Gasteiger partial charge in [0.2, 0.25) is 10.0 Å². The van der Waals surface area contributed by atoms with Crippen LogP contribution in [0.15, 0.2) is 23.2 Å². The van der Waals surface area contributed by atoms with Gasteiger partial charge in [-0.25, -0.2) is 13.4 Å². The molecule has 7 nitrogen and oxygen atoms in total. The summed E-state index contributed by atoms with van der Waals surface area (Å²) in [5, 5.41) is 17.6. The minimum atomic E-state index is -3.97. The highest BCUT2D eigenvalue weighted by atomic mass is 32.2. The van der Waals surface area contributed by atoms with Crippen LogP contribution in [0.25, 0.3) is 0 Å². The van der Waals surface area contributed by atoms with Crippen LogP contribution in [0.3, 0.4) is 0 Å². The molecule has 1 rings (SSSR count). The van der Waals surface area contributed by atoms with Crippen molar-refractivity contribution in [2.45, 2.75) is 17.4 Å². The van der Waals surface area contributed by atoms with Gasteiger partial charge in [0.1, 0.15) is 22.7 Å². The molecule has 0 saturated heterocycles. The lowest BCUT2D eigenvalue weighted by Gasteiger charge is -2.14. The van der Waals surface area contributed by atoms with E-state index in [1.165, 1.54) is 23.9 Å². The largest absolute Gasteiger partial charge is 0.480 e. The van der Waals surface area contributed by atoms with Crippen molar-refractivity contribution in [3.05, 3.63) is 24.0 Å². The number of hydrogen-bond acceptors (Lipinski definition) is 6. The van der Waals surface area contributed by atoms with E-state index in [4.69, 9.17) is 10.4 Å². The molecule has 1 aromatic rings. The maximum atomic E-state index is 12.0. The zero-order valence-corrected chi connectivity index (χ0v) is 12.2. The van der Waals surface area contributed by atoms with Crippen LogP contribution in [-0.4, -0.2) is 42.5 Å². The molecule has 20 heavy (non-hydrogen) atoms. The number of aromatic nitrogens is 1. The predicted molar refractivity (Wildman–Crippen MR) is 73.7 cm³/mol. The van der Waals surface area contributed by atoms with E-state index in [1.54, 1.807) is 12.3 Å². The Morgan fingerprint density at radius 2 is 2.30 bits per heavy atom. The number of thioether (sulfide) groups is 1. The van der Waals surface area contributed by atoms with E-state index >= 15 is 0 Å². The second-order valence-corrected chi connectivity index (χ2v) is 6.48. The predicted octanol–water partition coefficient (Wildman–Crippen LogP) is 0.438. The molecular weight excluding hydrogens is 302 g/mol. The molecule has 1 aromatic heterocycles. The van der Waals surface area contributed by atoms with Crippen molar-refractivity contribution in [3.63, 3.8) is 0 Å². The van der Waals surface area contributed by atoms with Crippen LogP contribution < -0.4 is 4.72 Å². The van der Waals surface area contributed by atoms with E-state index in [2.05, 4.69) is 9.71 Å². The fraction of sp³-hybridized carbons (Fsp3) is 0.364. The third kappa shape index (κ3) is 4.48. The molecule has 0 spiro atoms. The first kappa shape index (κ1) is 16.4. The zero-order chi connectivity index (χ0) is 15.2. The van der Waals surface area contributed by atoms with Gasteiger partial charge < -0.3 is 5.11 Å². The van der Waals surface area contributed by atoms with Crippen LogP contribution in [0.2, 0.25) is 0 Å². The molecule has 0 saturated carbocycles. The smallest absolute Gasteiger partial charge is 0.321 e. The van der Waals surface area contributed by atoms with Crippen LogP contribution in [0.1, 0.15) is 12.1 Å². The molecule has 1 heterocycles. The maximum absolute atomic E-state index is 12.0. The lowest BCUT2D eigenvalue weighted by Crippen LogP contribution is -2.41. The molecule has 0 fully saturated rings. The van der Waals surface area contributed by atoms with Crippen LogP contribution in [0.4, 0.5) is 0 Å². The van der Waals surface area contributed by atoms with Crippen molar-refractivity contribution in [1.82, 2.24) is 9.71 Å². The van der Waals surface area contributed by atoms with Gasteiger partial charge in [0.25, 0.3) is 0 Å². The lowest BCUT2D eigenvalue weighted by atomic mass is 10.2. The van der Waals surface area contributed by atoms with Crippen molar-refractivity contribution in [2.24, 2.45) is 0 Å². The second kappa shape index (κ2) is 7.23. The summed E-state index contributed by atoms with van der Waals surface area (Å²) in [6.07, 6.45) is 3.01. The van der Waals surface area contributed by atoms with Gasteiger partial charge >= 0.3 is 5.97 Å². The SMILES string of the molecule is CSCCC(NS(=O)(=O)c1ccc(C#N)nc1)C(=O)O. The number of pyridine rings is 1. The number of nitrogens with zero attached hydrogens (tertiary/aromatic N) is 2. The van der Waals surface area contributed by atoms with Gasteiger partial charge in [-0.15, -0.1) is 0 Å². The third-order valence-corrected chi connectivity index (χ3v) is 4.47. The normalized spacial score (nSPS) is 12.6. The van der Waals surface area contributed by atoms with Gasteiger partial charge in [0.15, 0.2) is 0 Å². The molecule has 2 N–H and O–H groups in total. The summed E-state index contributed by atoms with van der Waals surface area (Å²) >= 11 is 1.43. The number of sulfonamides is 1. The summed E-state index contributed by atoms with van der Waals surface area (Å²) < 4.78 is 26.1. The fourth-order valence-electron chi connectivity index (χ4n) is 1.33. The first-order valence-electron chi connectivity index (χ1n) is 5.51. The Morgan fingerprint density at radius 3 is 2.75 bits per heavy atom. The molecule has 1 atom stereocenters. The molecule has 0 bridgehead atoms. The number of carboxylic acid groups (broad SMARTS) is 1. The Balaban J connectivity index is 2.91. The molecule has 0 radical (unpaired) electrons. The van der Waals surface area contributed by atoms with Crippen molar-refractivity contribution in [3.8, 4) is 6.07 Å². The number of aliphatic carboxylic acids is 1. The minimum Gasteiger partial charge on any atom is -0.480 e. The standard InChI is InChI=1S/C11H13N3O4S2/c1-19-5-4-10(11(15)16)14-20(17,18)9-3-2-8(6-12)13-7-9/h2-3,7,10,14H,4-5H2,1H3,(H,15,16). The Hall–Kier alpha value is -1.63. The molecule has 1 unspecified atom stereocenters. The summed E-state index contributed by atoms with van der Waals surface area (Å²) in [5.41, 5.74) is 0.0844.